The zero-order valence-corrected chi connectivity index (χ0v) is 16.3. The number of hydrogen-bond acceptors (Lipinski definition) is 4. The van der Waals surface area contributed by atoms with Crippen molar-refractivity contribution >= 4 is 0 Å². The van der Waals surface area contributed by atoms with Crippen molar-refractivity contribution in [3.8, 4) is 0 Å². The van der Waals surface area contributed by atoms with Crippen LogP contribution >= 0.6 is 0 Å². The topological polar surface area (TPSA) is 13.0 Å². The molecular weight excluding hydrogens is 308 g/mol. The summed E-state index contributed by atoms with van der Waals surface area (Å²) in [5.74, 6) is 0. The summed E-state index contributed by atoms with van der Waals surface area (Å²) in [5.41, 5.74) is 2.92. The lowest BCUT2D eigenvalue weighted by molar-refractivity contribution is 0.127. The fourth-order valence-corrected chi connectivity index (χ4v) is 4.01. The molecule has 0 saturated carbocycles. The maximum Gasteiger partial charge on any atom is 0.0234 e. The molecule has 3 rings (SSSR count). The number of hydrogen-bond donors (Lipinski definition) is 0. The minimum atomic E-state index is 1.10. The Kier molecular flexibility index (Phi) is 7.29. The SMILES string of the molecule is CCCN1CCN(Cc2ccc(CN3CCCN(C)CC3)cc2)CC1. The average Bonchev–Trinajstić information content (AvgIpc) is 2.83. The molecule has 0 bridgehead atoms. The number of nitrogens with zero attached hydrogens (tertiary/aromatic N) is 4. The summed E-state index contributed by atoms with van der Waals surface area (Å²) < 4.78 is 0. The third kappa shape index (κ3) is 6.07. The number of likely N-dealkylation sites (N-methyl/N-ethyl adjacent to an activating group) is 1. The normalized spacial score (nSPS) is 22.2. The van der Waals surface area contributed by atoms with E-state index < -0.39 is 0 Å². The highest BCUT2D eigenvalue weighted by atomic mass is 15.3. The molecule has 0 radical (unpaired) electrons. The van der Waals surface area contributed by atoms with Crippen LogP contribution in [0.3, 0.4) is 0 Å². The van der Waals surface area contributed by atoms with Gasteiger partial charge in [0.1, 0.15) is 0 Å². The summed E-state index contributed by atoms with van der Waals surface area (Å²) in [5, 5.41) is 0. The highest BCUT2D eigenvalue weighted by Crippen LogP contribution is 2.13. The van der Waals surface area contributed by atoms with Crippen molar-refractivity contribution in [3.05, 3.63) is 35.4 Å². The predicted molar refractivity (Wildman–Crippen MR) is 106 cm³/mol. The Balaban J connectivity index is 1.44. The zero-order valence-electron chi connectivity index (χ0n) is 16.3. The van der Waals surface area contributed by atoms with Crippen LogP contribution in [0.25, 0.3) is 0 Å². The molecule has 2 saturated heterocycles. The molecule has 2 heterocycles. The summed E-state index contributed by atoms with van der Waals surface area (Å²) in [4.78, 5) is 10.2. The molecule has 140 valence electrons. The summed E-state index contributed by atoms with van der Waals surface area (Å²) in [6.45, 7) is 15.5. The third-order valence-electron chi connectivity index (χ3n) is 5.65. The molecule has 1 aromatic carbocycles. The average molecular weight is 345 g/mol. The van der Waals surface area contributed by atoms with Crippen LogP contribution in [0.5, 0.6) is 0 Å². The van der Waals surface area contributed by atoms with Gasteiger partial charge in [-0.05, 0) is 50.7 Å². The van der Waals surface area contributed by atoms with Crippen LogP contribution < -0.4 is 0 Å². The lowest BCUT2D eigenvalue weighted by atomic mass is 10.1. The van der Waals surface area contributed by atoms with Crippen LogP contribution in [0.15, 0.2) is 24.3 Å². The Morgan fingerprint density at radius 3 is 1.80 bits per heavy atom. The molecule has 2 aliphatic heterocycles. The largest absolute Gasteiger partial charge is 0.305 e. The highest BCUT2D eigenvalue weighted by molar-refractivity contribution is 5.22. The molecule has 0 amide bonds. The van der Waals surface area contributed by atoms with Crippen molar-refractivity contribution < 1.29 is 0 Å². The molecule has 1 aromatic rings. The van der Waals surface area contributed by atoms with Crippen molar-refractivity contribution in [1.29, 1.82) is 0 Å². The molecule has 0 aliphatic carbocycles. The number of rotatable bonds is 6. The Hall–Kier alpha value is -0.940. The van der Waals surface area contributed by atoms with Crippen LogP contribution in [0.1, 0.15) is 30.9 Å². The van der Waals surface area contributed by atoms with Gasteiger partial charge in [0, 0.05) is 52.4 Å². The van der Waals surface area contributed by atoms with E-state index in [-0.39, 0.29) is 0 Å². The van der Waals surface area contributed by atoms with Gasteiger partial charge >= 0.3 is 0 Å². The Morgan fingerprint density at radius 2 is 1.20 bits per heavy atom. The first kappa shape index (κ1) is 18.8. The Labute approximate surface area is 154 Å². The molecule has 0 unspecified atom stereocenters. The molecule has 2 fully saturated rings. The van der Waals surface area contributed by atoms with E-state index >= 15 is 0 Å². The van der Waals surface area contributed by atoms with E-state index in [1.807, 2.05) is 0 Å². The molecular formula is C21H36N4. The van der Waals surface area contributed by atoms with Crippen LogP contribution in [0.4, 0.5) is 0 Å². The highest BCUT2D eigenvalue weighted by Gasteiger charge is 2.16. The molecule has 4 nitrogen and oxygen atoms in total. The van der Waals surface area contributed by atoms with Crippen LogP contribution in [-0.2, 0) is 13.1 Å². The maximum atomic E-state index is 2.60. The Bertz CT molecular complexity index is 493. The van der Waals surface area contributed by atoms with Crippen LogP contribution in [-0.4, -0.2) is 85.6 Å². The third-order valence-corrected chi connectivity index (χ3v) is 5.65. The van der Waals surface area contributed by atoms with Gasteiger partial charge in [-0.2, -0.15) is 0 Å². The standard InChI is InChI=1S/C21H36N4/c1-3-9-23-14-16-25(17-15-23)19-21-7-5-20(6-8-21)18-24-11-4-10-22(2)12-13-24/h5-8H,3-4,9-19H2,1-2H3. The van der Waals surface area contributed by atoms with Crippen molar-refractivity contribution in [3.63, 3.8) is 0 Å². The van der Waals surface area contributed by atoms with Gasteiger partial charge in [0.15, 0.2) is 0 Å². The van der Waals surface area contributed by atoms with Crippen LogP contribution in [0, 0.1) is 0 Å². The fourth-order valence-electron chi connectivity index (χ4n) is 4.01. The lowest BCUT2D eigenvalue weighted by Crippen LogP contribution is -2.45. The zero-order chi connectivity index (χ0) is 17.5. The van der Waals surface area contributed by atoms with Crippen molar-refractivity contribution in [2.24, 2.45) is 0 Å². The van der Waals surface area contributed by atoms with E-state index in [0.29, 0.717) is 0 Å². The van der Waals surface area contributed by atoms with Gasteiger partial charge in [-0.15, -0.1) is 0 Å². The monoisotopic (exact) mass is 344 g/mol. The molecule has 0 aromatic heterocycles. The van der Waals surface area contributed by atoms with Gasteiger partial charge in [0.2, 0.25) is 0 Å². The van der Waals surface area contributed by atoms with Crippen molar-refractivity contribution in [2.75, 3.05) is 66.0 Å². The predicted octanol–water partition coefficient (Wildman–Crippen LogP) is 2.35. The van der Waals surface area contributed by atoms with Gasteiger partial charge in [-0.3, -0.25) is 9.80 Å². The molecule has 0 spiro atoms. The van der Waals surface area contributed by atoms with Crippen LogP contribution in [0.2, 0.25) is 0 Å². The first-order chi connectivity index (χ1) is 12.2. The fraction of sp³-hybridized carbons (Fsp3) is 0.714. The van der Waals surface area contributed by atoms with E-state index in [1.165, 1.54) is 82.9 Å². The summed E-state index contributed by atoms with van der Waals surface area (Å²) in [6.07, 6.45) is 2.56. The second-order valence-electron chi connectivity index (χ2n) is 7.87. The summed E-state index contributed by atoms with van der Waals surface area (Å²) in [6, 6.07) is 9.38. The van der Waals surface area contributed by atoms with E-state index in [1.54, 1.807) is 0 Å². The van der Waals surface area contributed by atoms with E-state index in [2.05, 4.69) is 57.8 Å². The molecule has 0 atom stereocenters. The number of benzene rings is 1. The van der Waals surface area contributed by atoms with Gasteiger partial charge in [0.25, 0.3) is 0 Å². The molecule has 4 heteroatoms. The van der Waals surface area contributed by atoms with Gasteiger partial charge in [-0.25, -0.2) is 0 Å². The second kappa shape index (κ2) is 9.67. The van der Waals surface area contributed by atoms with Crippen molar-refractivity contribution in [1.82, 2.24) is 19.6 Å². The summed E-state index contributed by atoms with van der Waals surface area (Å²) in [7, 11) is 2.24. The minimum Gasteiger partial charge on any atom is -0.305 e. The lowest BCUT2D eigenvalue weighted by Gasteiger charge is -2.34. The van der Waals surface area contributed by atoms with E-state index in [4.69, 9.17) is 0 Å². The van der Waals surface area contributed by atoms with E-state index in [9.17, 15) is 0 Å². The Morgan fingerprint density at radius 1 is 0.680 bits per heavy atom. The number of piperazine rings is 1. The smallest absolute Gasteiger partial charge is 0.0234 e. The second-order valence-corrected chi connectivity index (χ2v) is 7.87. The molecule has 0 N–H and O–H groups in total. The first-order valence-corrected chi connectivity index (χ1v) is 10.2. The van der Waals surface area contributed by atoms with E-state index in [0.717, 1.165) is 13.1 Å². The van der Waals surface area contributed by atoms with Gasteiger partial charge in [0.05, 0.1) is 0 Å². The summed E-state index contributed by atoms with van der Waals surface area (Å²) >= 11 is 0. The minimum absolute atomic E-state index is 1.10. The maximum absolute atomic E-state index is 2.60. The molecule has 25 heavy (non-hydrogen) atoms. The van der Waals surface area contributed by atoms with Gasteiger partial charge in [-0.1, -0.05) is 31.2 Å². The van der Waals surface area contributed by atoms with Crippen molar-refractivity contribution in [2.45, 2.75) is 32.9 Å². The first-order valence-electron chi connectivity index (χ1n) is 10.2. The van der Waals surface area contributed by atoms with Gasteiger partial charge < -0.3 is 9.80 Å². The quantitative estimate of drug-likeness (QED) is 0.785. The molecule has 2 aliphatic rings.